The number of rotatable bonds is 11. The first-order chi connectivity index (χ1) is 23.1. The van der Waals surface area contributed by atoms with E-state index in [1.54, 1.807) is 24.3 Å². The monoisotopic (exact) mass is 682 g/mol. The van der Waals surface area contributed by atoms with Crippen LogP contribution in [0.2, 0.25) is 0 Å². The number of carbonyl (C=O) groups excluding carboxylic acids is 1. The number of benzene rings is 3. The van der Waals surface area contributed by atoms with E-state index in [0.717, 1.165) is 34.8 Å². The van der Waals surface area contributed by atoms with Gasteiger partial charge >= 0.3 is 5.97 Å². The molecule has 3 N–H and O–H groups in total. The summed E-state index contributed by atoms with van der Waals surface area (Å²) in [6, 6.07) is 19.2. The molecule has 0 radical (unpaired) electrons. The summed E-state index contributed by atoms with van der Waals surface area (Å²) < 4.78 is 36.0. The number of aromatic carboxylic acids is 1. The van der Waals surface area contributed by atoms with Crippen LogP contribution in [0.4, 0.5) is 17.1 Å². The highest BCUT2D eigenvalue weighted by atomic mass is 32.2. The summed E-state index contributed by atoms with van der Waals surface area (Å²) in [6.07, 6.45) is 8.89. The third-order valence-corrected chi connectivity index (χ3v) is 10.4. The molecule has 0 unspecified atom stereocenters. The van der Waals surface area contributed by atoms with Gasteiger partial charge in [0.1, 0.15) is 6.54 Å². The molecule has 3 aromatic rings. The molecular weight excluding hydrogens is 639 g/mol. The van der Waals surface area contributed by atoms with Gasteiger partial charge in [-0.2, -0.15) is 13.0 Å². The quantitative estimate of drug-likeness (QED) is 0.108. The molecule has 0 saturated carbocycles. The van der Waals surface area contributed by atoms with Crippen LogP contribution in [0, 0.1) is 0 Å². The minimum Gasteiger partial charge on any atom is -0.478 e. The summed E-state index contributed by atoms with van der Waals surface area (Å²) >= 11 is 0. The normalized spacial score (nSPS) is 17.5. The highest BCUT2D eigenvalue weighted by Crippen LogP contribution is 2.48. The Bertz CT molecular complexity index is 2040. The first-order valence-electron chi connectivity index (χ1n) is 16.5. The molecule has 2 heterocycles. The summed E-state index contributed by atoms with van der Waals surface area (Å²) in [5.74, 6) is -1.23. The standard InChI is InChI=1S/C39H43N3O6S/c1-7-41-32-12-10-9-11-30(32)38(3,4)34(41)22-13-26(15-24-36(43)40-28-18-16-27(17-19-28)37(44)45)14-23-35-39(5,6)31-25-29(49(46,47)48)20-21-33(31)42(35)8-2/h9-14,16-23,25H,7-8,15,24H2,1-6H3,(H2-,40,43,44,45,46,47,48)/p+1. The molecule has 2 aliphatic rings. The Balaban J connectivity index is 1.50. The van der Waals surface area contributed by atoms with Crippen LogP contribution >= 0.6 is 0 Å². The lowest BCUT2D eigenvalue weighted by Crippen LogP contribution is -2.27. The topological polar surface area (TPSA) is 127 Å². The van der Waals surface area contributed by atoms with Gasteiger partial charge in [-0.1, -0.05) is 44.2 Å². The number of nitrogens with one attached hydrogen (secondary N) is 1. The SMILES string of the molecule is CCN1/C(=C/C=C(/C=C/C2=[N+](CC)c3ccccc3C2(C)C)CCC(=O)Nc2ccc(C(=O)O)cc2)C(C)(C)c2cc(S(=O)(=O)O)ccc21. The maximum absolute atomic E-state index is 13.1. The fourth-order valence-corrected chi connectivity index (χ4v) is 7.42. The molecular formula is C39H44N3O6S+. The summed E-state index contributed by atoms with van der Waals surface area (Å²) in [4.78, 5) is 26.3. The van der Waals surface area contributed by atoms with E-state index in [0.29, 0.717) is 18.7 Å². The highest BCUT2D eigenvalue weighted by molar-refractivity contribution is 7.85. The van der Waals surface area contributed by atoms with E-state index in [4.69, 9.17) is 0 Å². The van der Waals surface area contributed by atoms with Crippen LogP contribution in [-0.4, -0.2) is 53.3 Å². The maximum atomic E-state index is 13.1. The molecule has 0 aromatic heterocycles. The summed E-state index contributed by atoms with van der Waals surface area (Å²) in [5.41, 5.74) is 7.01. The molecule has 0 spiro atoms. The van der Waals surface area contributed by atoms with E-state index in [-0.39, 0.29) is 28.2 Å². The van der Waals surface area contributed by atoms with Crippen molar-refractivity contribution in [3.05, 3.63) is 119 Å². The highest BCUT2D eigenvalue weighted by Gasteiger charge is 2.43. The van der Waals surface area contributed by atoms with E-state index in [1.807, 2.05) is 32.9 Å². The average Bonchev–Trinajstić information content (AvgIpc) is 3.41. The summed E-state index contributed by atoms with van der Waals surface area (Å²) in [5, 5.41) is 12.1. The van der Waals surface area contributed by atoms with Crippen LogP contribution < -0.4 is 10.2 Å². The zero-order valence-corrected chi connectivity index (χ0v) is 29.6. The molecule has 1 amide bonds. The molecule has 49 heavy (non-hydrogen) atoms. The van der Waals surface area contributed by atoms with Gasteiger partial charge in [0.25, 0.3) is 10.1 Å². The third kappa shape index (κ3) is 7.02. The molecule has 256 valence electrons. The van der Waals surface area contributed by atoms with Crippen molar-refractivity contribution in [2.24, 2.45) is 0 Å². The third-order valence-electron chi connectivity index (χ3n) is 9.56. The first-order valence-corrected chi connectivity index (χ1v) is 17.9. The van der Waals surface area contributed by atoms with Crippen LogP contribution in [0.25, 0.3) is 0 Å². The second-order valence-corrected chi connectivity index (χ2v) is 14.8. The largest absolute Gasteiger partial charge is 0.478 e. The van der Waals surface area contributed by atoms with Crippen molar-refractivity contribution >= 4 is 44.8 Å². The summed E-state index contributed by atoms with van der Waals surface area (Å²) in [6.45, 7) is 14.1. The number of nitrogens with zero attached hydrogens (tertiary/aromatic N) is 2. The minimum atomic E-state index is -4.37. The van der Waals surface area contributed by atoms with E-state index in [1.165, 1.54) is 29.4 Å². The zero-order valence-electron chi connectivity index (χ0n) is 28.8. The molecule has 10 heteroatoms. The second-order valence-electron chi connectivity index (χ2n) is 13.4. The number of carboxylic acids is 1. The van der Waals surface area contributed by atoms with E-state index < -0.39 is 21.5 Å². The number of para-hydroxylation sites is 1. The number of hydrogen-bond acceptors (Lipinski definition) is 5. The Kier molecular flexibility index (Phi) is 9.86. The molecule has 0 saturated heterocycles. The molecule has 3 aromatic carbocycles. The van der Waals surface area contributed by atoms with Crippen LogP contribution in [0.3, 0.4) is 0 Å². The minimum absolute atomic E-state index is 0.142. The van der Waals surface area contributed by atoms with Crippen molar-refractivity contribution in [2.75, 3.05) is 23.3 Å². The van der Waals surface area contributed by atoms with Crippen LogP contribution in [0.15, 0.2) is 107 Å². The molecule has 0 bridgehead atoms. The van der Waals surface area contributed by atoms with E-state index in [2.05, 4.69) is 72.0 Å². The van der Waals surface area contributed by atoms with Crippen molar-refractivity contribution in [1.29, 1.82) is 0 Å². The average molecular weight is 683 g/mol. The van der Waals surface area contributed by atoms with E-state index in [9.17, 15) is 27.7 Å². The molecule has 5 rings (SSSR count). The van der Waals surface area contributed by atoms with E-state index >= 15 is 0 Å². The van der Waals surface area contributed by atoms with Gasteiger partial charge in [-0.25, -0.2) is 4.79 Å². The molecule has 0 aliphatic carbocycles. The molecule has 0 atom stereocenters. The Morgan fingerprint density at radius 3 is 2.24 bits per heavy atom. The van der Waals surface area contributed by atoms with Crippen molar-refractivity contribution in [1.82, 2.24) is 0 Å². The number of carbonyl (C=O) groups is 2. The first kappa shape index (κ1) is 35.5. The Morgan fingerprint density at radius 2 is 1.61 bits per heavy atom. The number of carboxylic acid groups (broad SMARTS) is 1. The van der Waals surface area contributed by atoms with Gasteiger partial charge in [0.2, 0.25) is 11.6 Å². The zero-order chi connectivity index (χ0) is 35.7. The Morgan fingerprint density at radius 1 is 0.918 bits per heavy atom. The van der Waals surface area contributed by atoms with Crippen molar-refractivity contribution in [3.8, 4) is 0 Å². The van der Waals surface area contributed by atoms with Crippen molar-refractivity contribution in [2.45, 2.75) is 70.1 Å². The number of likely N-dealkylation sites (N-methyl/N-ethyl adjacent to an activating group) is 1. The maximum Gasteiger partial charge on any atom is 0.335 e. The van der Waals surface area contributed by atoms with Gasteiger partial charge in [-0.15, -0.1) is 0 Å². The van der Waals surface area contributed by atoms with Crippen LogP contribution in [0.5, 0.6) is 0 Å². The van der Waals surface area contributed by atoms with Crippen molar-refractivity contribution < 1.29 is 32.2 Å². The van der Waals surface area contributed by atoms with Crippen LogP contribution in [0.1, 0.15) is 75.9 Å². The Labute approximate surface area is 288 Å². The number of amides is 1. The van der Waals surface area contributed by atoms with Gasteiger partial charge in [0, 0.05) is 53.2 Å². The predicted molar refractivity (Wildman–Crippen MR) is 194 cm³/mol. The lowest BCUT2D eigenvalue weighted by atomic mass is 9.81. The fourth-order valence-electron chi connectivity index (χ4n) is 6.91. The number of fused-ring (bicyclic) bond motifs is 2. The number of allylic oxidation sites excluding steroid dienone is 6. The smallest absolute Gasteiger partial charge is 0.335 e. The summed E-state index contributed by atoms with van der Waals surface area (Å²) in [7, 11) is -4.37. The van der Waals surface area contributed by atoms with Crippen molar-refractivity contribution in [3.63, 3.8) is 0 Å². The van der Waals surface area contributed by atoms with Gasteiger partial charge in [0.15, 0.2) is 5.71 Å². The van der Waals surface area contributed by atoms with Gasteiger partial charge in [-0.3, -0.25) is 9.35 Å². The lowest BCUT2D eigenvalue weighted by Gasteiger charge is -2.26. The molecule has 9 nitrogen and oxygen atoms in total. The molecule has 2 aliphatic heterocycles. The number of anilines is 2. The number of hydrogen-bond donors (Lipinski definition) is 3. The predicted octanol–water partition coefficient (Wildman–Crippen LogP) is 7.63. The van der Waals surface area contributed by atoms with Crippen LogP contribution in [-0.2, 0) is 25.7 Å². The lowest BCUT2D eigenvalue weighted by molar-refractivity contribution is -0.433. The fraction of sp³-hybridized carbons (Fsp3) is 0.308. The van der Waals surface area contributed by atoms with Gasteiger partial charge in [-0.05, 0) is 93.8 Å². The van der Waals surface area contributed by atoms with Gasteiger partial charge < -0.3 is 15.3 Å². The Hall–Kier alpha value is -4.80. The van der Waals surface area contributed by atoms with Gasteiger partial charge in [0.05, 0.1) is 15.9 Å². The second kappa shape index (κ2) is 13.6. The molecule has 0 fully saturated rings.